The minimum atomic E-state index is -3.68. The van der Waals surface area contributed by atoms with Crippen molar-refractivity contribution < 1.29 is 37.0 Å². The Balaban J connectivity index is 0.764. The fourth-order valence-corrected chi connectivity index (χ4v) is 10.3. The van der Waals surface area contributed by atoms with E-state index in [1.807, 2.05) is 6.07 Å². The number of aromatic nitrogens is 4. The summed E-state index contributed by atoms with van der Waals surface area (Å²) >= 11 is 6.57. The number of fused-ring (bicyclic) bond motifs is 2. The molecule has 6 heterocycles. The molecule has 19 nitrogen and oxygen atoms in total. The predicted molar refractivity (Wildman–Crippen MR) is 258 cm³/mol. The van der Waals surface area contributed by atoms with Crippen LogP contribution in [0.3, 0.4) is 0 Å². The summed E-state index contributed by atoms with van der Waals surface area (Å²) in [5.74, 6) is 0.772. The van der Waals surface area contributed by atoms with Crippen molar-refractivity contribution in [3.8, 4) is 11.5 Å². The van der Waals surface area contributed by atoms with Crippen LogP contribution >= 0.6 is 11.6 Å². The first-order chi connectivity index (χ1) is 32.8. The largest absolute Gasteiger partial charge is 0.494 e. The molecule has 0 bridgehead atoms. The number of aryl methyl sites for hydroxylation is 1. The van der Waals surface area contributed by atoms with Gasteiger partial charge < -0.3 is 39.5 Å². The molecule has 0 aliphatic carbocycles. The number of hydrogen-bond donors (Lipinski definition) is 4. The molecule has 0 radical (unpaired) electrons. The van der Waals surface area contributed by atoms with Gasteiger partial charge in [-0.15, -0.1) is 0 Å². The molecule has 4 aliphatic heterocycles. The van der Waals surface area contributed by atoms with E-state index in [9.17, 15) is 22.8 Å². The maximum atomic E-state index is 13.2. The van der Waals surface area contributed by atoms with Crippen molar-refractivity contribution in [2.24, 2.45) is 0 Å². The van der Waals surface area contributed by atoms with Gasteiger partial charge in [0, 0.05) is 73.9 Å². The second kappa shape index (κ2) is 20.1. The van der Waals surface area contributed by atoms with Crippen LogP contribution in [0.2, 0.25) is 5.02 Å². The molecule has 4 aliphatic rings. The van der Waals surface area contributed by atoms with E-state index in [-0.39, 0.29) is 53.4 Å². The van der Waals surface area contributed by atoms with Crippen LogP contribution in [0.25, 0.3) is 11.0 Å². The highest BCUT2D eigenvalue weighted by Gasteiger charge is 2.40. The average Bonchev–Trinajstić information content (AvgIpc) is 3.67. The monoisotopic (exact) mass is 967 g/mol. The van der Waals surface area contributed by atoms with Gasteiger partial charge in [0.1, 0.15) is 34.7 Å². The number of halogens is 1. The Morgan fingerprint density at radius 3 is 2.44 bits per heavy atom. The van der Waals surface area contributed by atoms with Crippen LogP contribution in [0, 0.1) is 0 Å². The van der Waals surface area contributed by atoms with Crippen molar-refractivity contribution >= 4 is 84.9 Å². The molecule has 3 fully saturated rings. The normalized spacial score (nSPS) is 18.4. The van der Waals surface area contributed by atoms with E-state index in [4.69, 9.17) is 25.8 Å². The Bertz CT molecular complexity index is 2840. The molecule has 9 rings (SSSR count). The van der Waals surface area contributed by atoms with Crippen molar-refractivity contribution in [3.63, 3.8) is 0 Å². The Morgan fingerprint density at radius 1 is 0.897 bits per heavy atom. The molecule has 5 aromatic rings. The molecule has 3 amide bonds. The van der Waals surface area contributed by atoms with Gasteiger partial charge >= 0.3 is 0 Å². The predicted octanol–water partition coefficient (Wildman–Crippen LogP) is 5.79. The molecule has 4 N–H and O–H groups in total. The first-order valence-electron chi connectivity index (χ1n) is 22.8. The zero-order valence-corrected chi connectivity index (χ0v) is 39.7. The van der Waals surface area contributed by atoms with Crippen molar-refractivity contribution in [1.82, 2.24) is 35.1 Å². The molecule has 358 valence electrons. The third kappa shape index (κ3) is 10.2. The first-order valence-corrected chi connectivity index (χ1v) is 25.1. The van der Waals surface area contributed by atoms with Gasteiger partial charge in [0.15, 0.2) is 5.82 Å². The summed E-state index contributed by atoms with van der Waals surface area (Å²) in [6.07, 6.45) is 11.0. The summed E-state index contributed by atoms with van der Waals surface area (Å²) in [6.45, 7) is 6.92. The third-order valence-corrected chi connectivity index (χ3v) is 13.8. The number of piperidine rings is 3. The number of benzene rings is 3. The van der Waals surface area contributed by atoms with E-state index in [2.05, 4.69) is 69.5 Å². The summed E-state index contributed by atoms with van der Waals surface area (Å²) < 4.78 is 45.5. The number of rotatable bonds is 16. The fraction of sp³-hybridized carbons (Fsp3) is 0.426. The summed E-state index contributed by atoms with van der Waals surface area (Å²) in [5.41, 5.74) is 5.70. The molecule has 1 atom stereocenters. The molecule has 2 aromatic heterocycles. The number of sulfonamides is 1. The van der Waals surface area contributed by atoms with Gasteiger partial charge in [-0.3, -0.25) is 34.4 Å². The summed E-state index contributed by atoms with van der Waals surface area (Å²) in [4.78, 5) is 61.7. The quantitative estimate of drug-likeness (QED) is 0.0679. The number of ether oxygens (including phenoxy) is 3. The molecule has 1 unspecified atom stereocenters. The van der Waals surface area contributed by atoms with Crippen LogP contribution < -0.4 is 35.0 Å². The molecule has 68 heavy (non-hydrogen) atoms. The number of methoxy groups -OCH3 is 1. The molecular weight excluding hydrogens is 914 g/mol. The SMILES string of the molecule is CCc1cc(Nc2ncc(Cl)c(Nc3ccc4nccnc4c3NS(C)(=O)=O)n2)c(OC)cc1N1CCC(N2CCC(OCCOc3cccc4c3CN(C3CCC(=O)NC3=O)C4=O)CC2)CC1. The van der Waals surface area contributed by atoms with Crippen molar-refractivity contribution in [1.29, 1.82) is 0 Å². The number of hydrogen-bond acceptors (Lipinski definition) is 16. The van der Waals surface area contributed by atoms with Crippen LogP contribution in [0.15, 0.2) is 61.1 Å². The van der Waals surface area contributed by atoms with Crippen LogP contribution in [0.5, 0.6) is 11.5 Å². The van der Waals surface area contributed by atoms with Crippen LogP contribution in [-0.2, 0) is 37.3 Å². The van der Waals surface area contributed by atoms with Gasteiger partial charge in [0.2, 0.25) is 27.8 Å². The van der Waals surface area contributed by atoms with Crippen LogP contribution in [0.4, 0.5) is 34.5 Å². The average molecular weight is 969 g/mol. The molecule has 0 spiro atoms. The second-order valence-corrected chi connectivity index (χ2v) is 19.5. The number of carbonyl (C=O) groups is 3. The van der Waals surface area contributed by atoms with E-state index in [1.54, 1.807) is 31.4 Å². The van der Waals surface area contributed by atoms with E-state index in [0.29, 0.717) is 65.1 Å². The van der Waals surface area contributed by atoms with Gasteiger partial charge in [-0.25, -0.2) is 13.4 Å². The van der Waals surface area contributed by atoms with Gasteiger partial charge in [-0.1, -0.05) is 24.6 Å². The third-order valence-electron chi connectivity index (χ3n) is 13.0. The lowest BCUT2D eigenvalue weighted by Crippen LogP contribution is -2.52. The zero-order valence-electron chi connectivity index (χ0n) is 38.1. The maximum Gasteiger partial charge on any atom is 0.255 e. The van der Waals surface area contributed by atoms with E-state index in [0.717, 1.165) is 81.4 Å². The van der Waals surface area contributed by atoms with Gasteiger partial charge in [-0.2, -0.15) is 4.98 Å². The second-order valence-electron chi connectivity index (χ2n) is 17.3. The molecule has 21 heteroatoms. The minimum Gasteiger partial charge on any atom is -0.494 e. The highest BCUT2D eigenvalue weighted by Crippen LogP contribution is 2.39. The summed E-state index contributed by atoms with van der Waals surface area (Å²) in [5, 5.41) is 9.03. The number of anilines is 6. The highest BCUT2D eigenvalue weighted by molar-refractivity contribution is 7.92. The molecule has 0 saturated carbocycles. The number of imide groups is 1. The van der Waals surface area contributed by atoms with E-state index < -0.39 is 22.0 Å². The van der Waals surface area contributed by atoms with E-state index >= 15 is 0 Å². The number of carbonyl (C=O) groups excluding carboxylic acids is 3. The van der Waals surface area contributed by atoms with Gasteiger partial charge in [0.25, 0.3) is 5.91 Å². The van der Waals surface area contributed by atoms with Crippen LogP contribution in [0.1, 0.15) is 66.9 Å². The number of amides is 3. The lowest BCUT2D eigenvalue weighted by atomic mass is 9.97. The van der Waals surface area contributed by atoms with Gasteiger partial charge in [-0.05, 0) is 74.4 Å². The van der Waals surface area contributed by atoms with Crippen molar-refractivity contribution in [2.75, 3.05) is 73.0 Å². The van der Waals surface area contributed by atoms with Crippen molar-refractivity contribution in [2.45, 2.75) is 76.6 Å². The Kier molecular flexibility index (Phi) is 13.8. The van der Waals surface area contributed by atoms with Crippen molar-refractivity contribution in [3.05, 3.63) is 82.8 Å². The van der Waals surface area contributed by atoms with Gasteiger partial charge in [0.05, 0.1) is 61.4 Å². The first kappa shape index (κ1) is 46.7. The maximum absolute atomic E-state index is 13.2. The lowest BCUT2D eigenvalue weighted by Gasteiger charge is -2.42. The Labute approximate surface area is 399 Å². The molecule has 3 saturated heterocycles. The standard InChI is InChI=1S/C47H54ClN11O8S/c1-4-28-24-36(53-47-51-26-33(48)44(55-47)52-35-9-8-34-42(50-17-16-49-34)43(35)56-68(3,63)64)40(65-2)25-38(28)58-18-12-29(13-19-58)57-20-14-30(15-21-57)66-22-23-67-39-7-5-6-31-32(39)27-59(46(31)62)37-10-11-41(60)54-45(37)61/h5-9,16-17,24-26,29-30,37,56H,4,10-15,18-23,27H2,1-3H3,(H,54,60,61)(H2,51,52,53,55). The molecule has 3 aromatic carbocycles. The van der Waals surface area contributed by atoms with E-state index in [1.165, 1.54) is 23.5 Å². The number of likely N-dealkylation sites (tertiary alicyclic amines) is 1. The smallest absolute Gasteiger partial charge is 0.255 e. The minimum absolute atomic E-state index is 0.144. The highest BCUT2D eigenvalue weighted by atomic mass is 35.5. The summed E-state index contributed by atoms with van der Waals surface area (Å²) in [6, 6.07) is 12.7. The lowest BCUT2D eigenvalue weighted by molar-refractivity contribution is -0.136. The topological polar surface area (TPSA) is 222 Å². The number of nitrogens with zero attached hydrogens (tertiary/aromatic N) is 7. The fourth-order valence-electron chi connectivity index (χ4n) is 9.59. The number of nitrogens with one attached hydrogen (secondary N) is 4. The Hall–Kier alpha value is -6.35. The Morgan fingerprint density at radius 2 is 1.69 bits per heavy atom. The molecular formula is C47H54ClN11O8S. The van der Waals surface area contributed by atoms with Crippen LogP contribution in [-0.4, -0.2) is 127 Å². The summed E-state index contributed by atoms with van der Waals surface area (Å²) in [7, 11) is -2.04. The zero-order chi connectivity index (χ0) is 47.5.